The fourth-order valence-corrected chi connectivity index (χ4v) is 1.77. The summed E-state index contributed by atoms with van der Waals surface area (Å²) in [6.07, 6.45) is -4.54. The lowest BCUT2D eigenvalue weighted by Crippen LogP contribution is -2.75. The molecule has 1 atom stereocenters. The molecule has 0 aliphatic carbocycles. The van der Waals surface area contributed by atoms with Gasteiger partial charge in [0.2, 0.25) is 0 Å². The van der Waals surface area contributed by atoms with Gasteiger partial charge in [0.05, 0.1) is 0 Å². The van der Waals surface area contributed by atoms with E-state index in [9.17, 15) is 79.4 Å². The van der Waals surface area contributed by atoms with Crippen LogP contribution in [0.25, 0.3) is 0 Å². The second kappa shape index (κ2) is 7.53. The van der Waals surface area contributed by atoms with Crippen molar-refractivity contribution in [2.24, 2.45) is 0 Å². The van der Waals surface area contributed by atoms with Crippen molar-refractivity contribution in [3.63, 3.8) is 0 Å². The Bertz CT molecular complexity index is 752. The molecule has 0 radical (unpaired) electrons. The zero-order valence-electron chi connectivity index (χ0n) is 14.6. The maximum absolute atomic E-state index is 13.4. The van der Waals surface area contributed by atoms with E-state index in [-0.39, 0.29) is 0 Å². The molecule has 0 saturated carbocycles. The van der Waals surface area contributed by atoms with Crippen LogP contribution in [0.5, 0.6) is 0 Å². The molecule has 0 saturated heterocycles. The molecule has 0 amide bonds. The Morgan fingerprint density at radius 2 is 0.875 bits per heavy atom. The highest BCUT2D eigenvalue weighted by atomic mass is 19.4. The predicted octanol–water partition coefficient (Wildman–Crippen LogP) is 6.07. The summed E-state index contributed by atoms with van der Waals surface area (Å²) < 4.78 is 225. The fourth-order valence-electron chi connectivity index (χ4n) is 1.77. The van der Waals surface area contributed by atoms with Crippen LogP contribution in [-0.2, 0) is 4.79 Å². The van der Waals surface area contributed by atoms with Crippen molar-refractivity contribution in [1.82, 2.24) is 0 Å². The van der Waals surface area contributed by atoms with Crippen molar-refractivity contribution in [3.8, 4) is 0 Å². The largest absolute Gasteiger partial charge is 0.478 e. The number of carboxylic acids is 1. The number of carboxylic acid groups (broad SMARTS) is 1. The molecule has 0 aromatic carbocycles. The lowest BCUT2D eigenvalue weighted by Gasteiger charge is -2.43. The van der Waals surface area contributed by atoms with Crippen molar-refractivity contribution < 1.29 is 84.5 Å². The molecule has 0 bridgehead atoms. The zero-order valence-corrected chi connectivity index (χ0v) is 14.6. The minimum atomic E-state index is -8.71. The van der Waals surface area contributed by atoms with Crippen LogP contribution in [-0.4, -0.2) is 64.6 Å². The van der Waals surface area contributed by atoms with E-state index >= 15 is 0 Å². The lowest BCUT2D eigenvalue weighted by molar-refractivity contribution is -0.453. The first kappa shape index (κ1) is 30.0. The first-order valence-electron chi connectivity index (χ1n) is 7.14. The molecule has 1 N–H and O–H groups in total. The summed E-state index contributed by atoms with van der Waals surface area (Å²) >= 11 is 0. The Kier molecular flexibility index (Phi) is 7.06. The molecular formula is C13H7F17O2. The van der Waals surface area contributed by atoms with Crippen molar-refractivity contribution >= 4 is 5.97 Å². The monoisotopic (exact) mass is 518 g/mol. The molecular weight excluding hydrogens is 511 g/mol. The summed E-state index contributed by atoms with van der Waals surface area (Å²) in [6.45, 7) is 0.892. The number of hydrogen-bond donors (Lipinski definition) is 1. The minimum absolute atomic E-state index is 0.693. The second-order valence-corrected chi connectivity index (χ2v) is 6.04. The lowest BCUT2D eigenvalue weighted by atomic mass is 9.86. The van der Waals surface area contributed by atoms with E-state index in [1.807, 2.05) is 0 Å². The van der Waals surface area contributed by atoms with E-state index in [2.05, 4.69) is 0 Å². The molecule has 0 aromatic rings. The zero-order chi connectivity index (χ0) is 26.7. The SMILES string of the molecule is C=C(C(=O)O)C(F)(F)C(F)(F)C(F)(F)C(F)(F)C(F)(F)C(F)(F)C(F)(F)C(F)(F)C(C)F. The number of alkyl halides is 17. The Labute approximate surface area is 164 Å². The van der Waals surface area contributed by atoms with Crippen LogP contribution in [0.15, 0.2) is 12.2 Å². The molecule has 0 aliphatic heterocycles. The average molecular weight is 518 g/mol. The fraction of sp³-hybridized carbons (Fsp3) is 0.769. The molecule has 0 fully saturated rings. The summed E-state index contributed by atoms with van der Waals surface area (Å²) in [5.41, 5.74) is -3.36. The molecule has 19 heteroatoms. The third kappa shape index (κ3) is 3.45. The Morgan fingerprint density at radius 3 is 1.12 bits per heavy atom. The van der Waals surface area contributed by atoms with Crippen LogP contribution >= 0.6 is 0 Å². The van der Waals surface area contributed by atoms with E-state index in [1.54, 1.807) is 6.58 Å². The van der Waals surface area contributed by atoms with Crippen LogP contribution in [0.2, 0.25) is 0 Å². The summed E-state index contributed by atoms with van der Waals surface area (Å²) in [4.78, 5) is 10.2. The first-order chi connectivity index (χ1) is 13.5. The number of hydrogen-bond acceptors (Lipinski definition) is 1. The van der Waals surface area contributed by atoms with Crippen LogP contribution < -0.4 is 0 Å². The van der Waals surface area contributed by atoms with Gasteiger partial charge in [-0.25, -0.2) is 9.18 Å². The van der Waals surface area contributed by atoms with Crippen molar-refractivity contribution in [3.05, 3.63) is 12.2 Å². The minimum Gasteiger partial charge on any atom is -0.478 e. The maximum atomic E-state index is 13.4. The van der Waals surface area contributed by atoms with E-state index in [1.165, 1.54) is 0 Å². The predicted molar refractivity (Wildman–Crippen MR) is 66.9 cm³/mol. The topological polar surface area (TPSA) is 37.3 Å². The van der Waals surface area contributed by atoms with Gasteiger partial charge in [0.25, 0.3) is 0 Å². The highest BCUT2D eigenvalue weighted by Gasteiger charge is 2.95. The van der Waals surface area contributed by atoms with Gasteiger partial charge in [-0.05, 0) is 6.92 Å². The average Bonchev–Trinajstić information content (AvgIpc) is 2.59. The van der Waals surface area contributed by atoms with Gasteiger partial charge in [0, 0.05) is 0 Å². The van der Waals surface area contributed by atoms with Gasteiger partial charge >= 0.3 is 53.3 Å². The van der Waals surface area contributed by atoms with Crippen LogP contribution in [0, 0.1) is 0 Å². The van der Waals surface area contributed by atoms with Crippen molar-refractivity contribution in [2.75, 3.05) is 0 Å². The summed E-state index contributed by atoms with van der Waals surface area (Å²) in [6, 6.07) is 0. The third-order valence-electron chi connectivity index (χ3n) is 3.92. The maximum Gasteiger partial charge on any atom is 0.385 e. The standard InChI is InChI=1S/C13H7F17O2/c1-3(5(31)32)6(15,16)8(19,20)10(23,24)12(27,28)13(29,30)11(25,26)9(21,22)7(17,18)4(2)14/h4H,1H2,2H3,(H,31,32). The summed E-state index contributed by atoms with van der Waals surface area (Å²) in [7, 11) is 0. The molecule has 0 spiro atoms. The van der Waals surface area contributed by atoms with Crippen LogP contribution in [0.3, 0.4) is 0 Å². The van der Waals surface area contributed by atoms with Crippen LogP contribution in [0.4, 0.5) is 74.6 Å². The molecule has 0 aromatic heterocycles. The molecule has 1 unspecified atom stereocenters. The van der Waals surface area contributed by atoms with Crippen LogP contribution in [0.1, 0.15) is 6.92 Å². The Hall–Kier alpha value is -1.98. The van der Waals surface area contributed by atoms with Gasteiger partial charge in [-0.2, -0.15) is 70.2 Å². The summed E-state index contributed by atoms with van der Waals surface area (Å²) in [5.74, 6) is -67.9. The van der Waals surface area contributed by atoms with E-state index in [0.717, 1.165) is 0 Å². The highest BCUT2D eigenvalue weighted by Crippen LogP contribution is 2.64. The smallest absolute Gasteiger partial charge is 0.385 e. The molecule has 190 valence electrons. The number of rotatable bonds is 10. The van der Waals surface area contributed by atoms with Gasteiger partial charge in [-0.1, -0.05) is 6.58 Å². The molecule has 0 heterocycles. The first-order valence-corrected chi connectivity index (χ1v) is 7.14. The third-order valence-corrected chi connectivity index (χ3v) is 3.92. The van der Waals surface area contributed by atoms with E-state index < -0.39 is 72.0 Å². The van der Waals surface area contributed by atoms with E-state index in [0.29, 0.717) is 0 Å². The quantitative estimate of drug-likeness (QED) is 0.282. The van der Waals surface area contributed by atoms with Gasteiger partial charge in [0.15, 0.2) is 6.17 Å². The van der Waals surface area contributed by atoms with Gasteiger partial charge in [0.1, 0.15) is 5.57 Å². The van der Waals surface area contributed by atoms with Gasteiger partial charge in [-0.15, -0.1) is 0 Å². The Balaban J connectivity index is 6.94. The Morgan fingerprint density at radius 1 is 0.625 bits per heavy atom. The van der Waals surface area contributed by atoms with E-state index in [4.69, 9.17) is 5.11 Å². The molecule has 0 aliphatic rings. The molecule has 0 rings (SSSR count). The molecule has 2 nitrogen and oxygen atoms in total. The number of carbonyl (C=O) groups is 1. The summed E-state index contributed by atoms with van der Waals surface area (Å²) in [5, 5.41) is 8.06. The number of aliphatic carboxylic acids is 1. The number of halogens is 17. The highest BCUT2D eigenvalue weighted by molar-refractivity contribution is 5.88. The van der Waals surface area contributed by atoms with Crippen molar-refractivity contribution in [2.45, 2.75) is 60.5 Å². The van der Waals surface area contributed by atoms with Gasteiger partial charge < -0.3 is 5.11 Å². The van der Waals surface area contributed by atoms with Gasteiger partial charge in [-0.3, -0.25) is 0 Å². The van der Waals surface area contributed by atoms with Crippen molar-refractivity contribution in [1.29, 1.82) is 0 Å². The molecule has 32 heavy (non-hydrogen) atoms. The normalized spacial score (nSPS) is 16.7. The second-order valence-electron chi connectivity index (χ2n) is 6.04.